The van der Waals surface area contributed by atoms with Gasteiger partial charge < -0.3 is 4.55 Å². The van der Waals surface area contributed by atoms with Crippen LogP contribution < -0.4 is 29.6 Å². The molecule has 0 bridgehead atoms. The zero-order valence-electron chi connectivity index (χ0n) is 12.9. The number of aryl methyl sites for hydroxylation is 2. The van der Waals surface area contributed by atoms with Crippen LogP contribution in [-0.2, 0) is 20.2 Å². The van der Waals surface area contributed by atoms with Crippen molar-refractivity contribution in [2.75, 3.05) is 0 Å². The Hall–Kier alpha value is -0.740. The summed E-state index contributed by atoms with van der Waals surface area (Å²) < 4.78 is 60.7. The molecule has 0 amide bonds. The third-order valence-corrected chi connectivity index (χ3v) is 4.35. The molecule has 0 unspecified atom stereocenters. The molecule has 0 aliphatic heterocycles. The van der Waals surface area contributed by atoms with E-state index in [9.17, 15) is 21.4 Å². The minimum absolute atomic E-state index is 0. The molecular formula is C14H15NaO6S2. The first kappa shape index (κ1) is 22.3. The third kappa shape index (κ3) is 8.07. The SMILES string of the molecule is Cc1ccc(S(=O)(=O)O)cc1.Cc1ccc(S(=O)(=O)[O-])cc1.[Na+]. The van der Waals surface area contributed by atoms with Crippen LogP contribution in [0.15, 0.2) is 58.3 Å². The molecule has 2 aromatic rings. The summed E-state index contributed by atoms with van der Waals surface area (Å²) in [5.74, 6) is 0. The first-order valence-electron chi connectivity index (χ1n) is 6.07. The second-order valence-electron chi connectivity index (χ2n) is 4.56. The molecule has 0 fully saturated rings. The Morgan fingerprint density at radius 3 is 1.30 bits per heavy atom. The van der Waals surface area contributed by atoms with Gasteiger partial charge in [-0.3, -0.25) is 4.55 Å². The number of hydrogen-bond donors (Lipinski definition) is 1. The van der Waals surface area contributed by atoms with E-state index in [1.54, 1.807) is 24.3 Å². The van der Waals surface area contributed by atoms with Crippen LogP contribution in [-0.4, -0.2) is 25.9 Å². The second kappa shape index (κ2) is 8.93. The van der Waals surface area contributed by atoms with E-state index in [2.05, 4.69) is 0 Å². The Morgan fingerprint density at radius 2 is 1.04 bits per heavy atom. The Bertz CT molecular complexity index is 752. The van der Waals surface area contributed by atoms with Gasteiger partial charge in [0.2, 0.25) is 0 Å². The maximum absolute atomic E-state index is 10.5. The molecule has 120 valence electrons. The molecule has 6 nitrogen and oxygen atoms in total. The molecule has 1 N–H and O–H groups in total. The molecule has 0 aliphatic carbocycles. The van der Waals surface area contributed by atoms with Gasteiger partial charge >= 0.3 is 29.6 Å². The van der Waals surface area contributed by atoms with Gasteiger partial charge in [0.25, 0.3) is 10.1 Å². The van der Waals surface area contributed by atoms with Gasteiger partial charge in [-0.15, -0.1) is 0 Å². The van der Waals surface area contributed by atoms with Crippen LogP contribution in [0.25, 0.3) is 0 Å². The zero-order chi connectivity index (χ0) is 17.0. The predicted octanol–water partition coefficient (Wildman–Crippen LogP) is -0.855. The molecule has 0 aliphatic rings. The molecule has 0 saturated carbocycles. The Kier molecular flexibility index (Phi) is 8.64. The van der Waals surface area contributed by atoms with Crippen molar-refractivity contribution < 1.29 is 55.5 Å². The van der Waals surface area contributed by atoms with E-state index >= 15 is 0 Å². The van der Waals surface area contributed by atoms with Gasteiger partial charge in [0.05, 0.1) is 9.79 Å². The Morgan fingerprint density at radius 1 is 0.739 bits per heavy atom. The topological polar surface area (TPSA) is 112 Å². The summed E-state index contributed by atoms with van der Waals surface area (Å²) in [6.45, 7) is 3.66. The van der Waals surface area contributed by atoms with Crippen molar-refractivity contribution in [1.82, 2.24) is 0 Å². The monoisotopic (exact) mass is 366 g/mol. The molecular weight excluding hydrogens is 351 g/mol. The summed E-state index contributed by atoms with van der Waals surface area (Å²) in [6.07, 6.45) is 0. The molecule has 0 atom stereocenters. The first-order chi connectivity index (χ1) is 10.00. The van der Waals surface area contributed by atoms with Crippen LogP contribution in [0.4, 0.5) is 0 Å². The molecule has 0 aromatic heterocycles. The van der Waals surface area contributed by atoms with Crippen LogP contribution in [0, 0.1) is 13.8 Å². The molecule has 0 heterocycles. The van der Waals surface area contributed by atoms with E-state index in [0.29, 0.717) is 0 Å². The summed E-state index contributed by atoms with van der Waals surface area (Å²) in [7, 11) is -8.29. The minimum Gasteiger partial charge on any atom is -0.744 e. The predicted molar refractivity (Wildman–Crippen MR) is 80.1 cm³/mol. The van der Waals surface area contributed by atoms with Crippen LogP contribution in [0.2, 0.25) is 0 Å². The molecule has 2 aromatic carbocycles. The summed E-state index contributed by atoms with van der Waals surface area (Å²) >= 11 is 0. The largest absolute Gasteiger partial charge is 1.00 e. The van der Waals surface area contributed by atoms with Gasteiger partial charge in [-0.2, -0.15) is 8.42 Å². The summed E-state index contributed by atoms with van der Waals surface area (Å²) in [5.41, 5.74) is 1.88. The zero-order valence-corrected chi connectivity index (χ0v) is 16.6. The molecule has 9 heteroatoms. The quantitative estimate of drug-likeness (QED) is 0.547. The summed E-state index contributed by atoms with van der Waals surface area (Å²) in [4.78, 5) is -0.244. The van der Waals surface area contributed by atoms with Crippen molar-refractivity contribution in [3.63, 3.8) is 0 Å². The Balaban J connectivity index is 0.000000403. The van der Waals surface area contributed by atoms with Crippen molar-refractivity contribution >= 4 is 20.2 Å². The molecule has 0 radical (unpaired) electrons. The van der Waals surface area contributed by atoms with Crippen molar-refractivity contribution in [1.29, 1.82) is 0 Å². The average Bonchev–Trinajstić information content (AvgIpc) is 2.38. The Labute approximate surface area is 158 Å². The number of rotatable bonds is 2. The van der Waals surface area contributed by atoms with Crippen molar-refractivity contribution in [3.05, 3.63) is 59.7 Å². The second-order valence-corrected chi connectivity index (χ2v) is 7.36. The van der Waals surface area contributed by atoms with Gasteiger partial charge in [-0.05, 0) is 38.1 Å². The molecule has 2 rings (SSSR count). The van der Waals surface area contributed by atoms with Gasteiger partial charge in [0.15, 0.2) is 0 Å². The van der Waals surface area contributed by atoms with E-state index in [-0.39, 0.29) is 39.3 Å². The fourth-order valence-corrected chi connectivity index (χ4v) is 2.36. The van der Waals surface area contributed by atoms with Gasteiger partial charge in [-0.25, -0.2) is 8.42 Å². The van der Waals surface area contributed by atoms with E-state index in [1.807, 2.05) is 13.8 Å². The van der Waals surface area contributed by atoms with E-state index in [1.165, 1.54) is 24.3 Å². The van der Waals surface area contributed by atoms with Gasteiger partial charge in [-0.1, -0.05) is 35.4 Å². The van der Waals surface area contributed by atoms with Crippen LogP contribution in [0.1, 0.15) is 11.1 Å². The average molecular weight is 366 g/mol. The molecule has 0 spiro atoms. The number of benzene rings is 2. The van der Waals surface area contributed by atoms with Crippen molar-refractivity contribution in [2.24, 2.45) is 0 Å². The maximum Gasteiger partial charge on any atom is 1.00 e. The molecule has 0 saturated heterocycles. The molecule has 23 heavy (non-hydrogen) atoms. The van der Waals surface area contributed by atoms with E-state index < -0.39 is 20.2 Å². The standard InChI is InChI=1S/2C7H8O3S.Na/c2*1-6-2-4-7(5-3-6)11(8,9)10;/h2*2-5H,1H3,(H,8,9,10);/q;;+1/p-1. The summed E-state index contributed by atoms with van der Waals surface area (Å²) in [5, 5.41) is 0. The maximum atomic E-state index is 10.5. The van der Waals surface area contributed by atoms with Crippen molar-refractivity contribution in [2.45, 2.75) is 23.6 Å². The first-order valence-corrected chi connectivity index (χ1v) is 8.92. The van der Waals surface area contributed by atoms with Crippen LogP contribution in [0.5, 0.6) is 0 Å². The third-order valence-electron chi connectivity index (χ3n) is 2.63. The smallest absolute Gasteiger partial charge is 0.744 e. The minimum atomic E-state index is -4.27. The number of hydrogen-bond acceptors (Lipinski definition) is 5. The van der Waals surface area contributed by atoms with Crippen molar-refractivity contribution in [3.8, 4) is 0 Å². The van der Waals surface area contributed by atoms with Crippen LogP contribution in [0.3, 0.4) is 0 Å². The van der Waals surface area contributed by atoms with Gasteiger partial charge in [0, 0.05) is 0 Å². The van der Waals surface area contributed by atoms with E-state index in [0.717, 1.165) is 11.1 Å². The van der Waals surface area contributed by atoms with Gasteiger partial charge in [0.1, 0.15) is 10.1 Å². The normalized spacial score (nSPS) is 11.0. The van der Waals surface area contributed by atoms with Crippen LogP contribution >= 0.6 is 0 Å². The fraction of sp³-hybridized carbons (Fsp3) is 0.143. The summed E-state index contributed by atoms with van der Waals surface area (Å²) in [6, 6.07) is 11.8. The fourth-order valence-electron chi connectivity index (χ4n) is 1.42. The van der Waals surface area contributed by atoms with E-state index in [4.69, 9.17) is 4.55 Å².